The molecule has 1 unspecified atom stereocenters. The van der Waals surface area contributed by atoms with Crippen LogP contribution in [0.25, 0.3) is 0 Å². The molecular weight excluding hydrogens is 274 g/mol. The Kier molecular flexibility index (Phi) is 5.86. The van der Waals surface area contributed by atoms with Gasteiger partial charge in [0, 0.05) is 25.2 Å². The van der Waals surface area contributed by atoms with E-state index >= 15 is 0 Å². The van der Waals surface area contributed by atoms with Crippen LogP contribution >= 0.6 is 11.6 Å². The van der Waals surface area contributed by atoms with Gasteiger partial charge in [-0.3, -0.25) is 4.79 Å². The van der Waals surface area contributed by atoms with Crippen molar-refractivity contribution in [2.75, 3.05) is 20.2 Å². The first-order chi connectivity index (χ1) is 9.65. The SMILES string of the molecule is CN(CCC1CCCCO1)C(=O)Cc1cccc(Cl)c1. The van der Waals surface area contributed by atoms with E-state index in [0.717, 1.165) is 31.6 Å². The largest absolute Gasteiger partial charge is 0.378 e. The maximum absolute atomic E-state index is 12.1. The first-order valence-corrected chi connectivity index (χ1v) is 7.63. The van der Waals surface area contributed by atoms with Crippen molar-refractivity contribution in [3.63, 3.8) is 0 Å². The normalized spacial score (nSPS) is 18.8. The number of ether oxygens (including phenoxy) is 1. The molecule has 1 atom stereocenters. The maximum Gasteiger partial charge on any atom is 0.226 e. The Labute approximate surface area is 125 Å². The number of hydrogen-bond donors (Lipinski definition) is 0. The molecule has 1 aromatic rings. The molecule has 1 aliphatic rings. The zero-order chi connectivity index (χ0) is 14.4. The smallest absolute Gasteiger partial charge is 0.226 e. The summed E-state index contributed by atoms with van der Waals surface area (Å²) in [5.74, 6) is 0.128. The highest BCUT2D eigenvalue weighted by Gasteiger charge is 2.16. The summed E-state index contributed by atoms with van der Waals surface area (Å²) < 4.78 is 5.69. The summed E-state index contributed by atoms with van der Waals surface area (Å²) in [6, 6.07) is 7.47. The maximum atomic E-state index is 12.1. The fraction of sp³-hybridized carbons (Fsp3) is 0.562. The average Bonchev–Trinajstić information content (AvgIpc) is 2.46. The van der Waals surface area contributed by atoms with E-state index in [2.05, 4.69) is 0 Å². The summed E-state index contributed by atoms with van der Waals surface area (Å²) in [4.78, 5) is 13.9. The van der Waals surface area contributed by atoms with E-state index in [0.29, 0.717) is 17.5 Å². The van der Waals surface area contributed by atoms with Crippen molar-refractivity contribution in [1.82, 2.24) is 4.90 Å². The van der Waals surface area contributed by atoms with Gasteiger partial charge in [-0.05, 0) is 43.4 Å². The summed E-state index contributed by atoms with van der Waals surface area (Å²) in [6.07, 6.45) is 5.19. The number of amides is 1. The summed E-state index contributed by atoms with van der Waals surface area (Å²) in [6.45, 7) is 1.62. The van der Waals surface area contributed by atoms with Gasteiger partial charge in [0.05, 0.1) is 12.5 Å². The van der Waals surface area contributed by atoms with Crippen LogP contribution in [0.2, 0.25) is 5.02 Å². The Hall–Kier alpha value is -1.06. The molecule has 1 heterocycles. The van der Waals surface area contributed by atoms with Crippen molar-refractivity contribution < 1.29 is 9.53 Å². The number of carbonyl (C=O) groups is 1. The summed E-state index contributed by atoms with van der Waals surface area (Å²) >= 11 is 5.93. The van der Waals surface area contributed by atoms with Crippen LogP contribution in [0.4, 0.5) is 0 Å². The fourth-order valence-electron chi connectivity index (χ4n) is 2.45. The molecule has 1 saturated heterocycles. The fourth-order valence-corrected chi connectivity index (χ4v) is 2.67. The van der Waals surface area contributed by atoms with Crippen molar-refractivity contribution in [1.29, 1.82) is 0 Å². The van der Waals surface area contributed by atoms with Gasteiger partial charge in [0.15, 0.2) is 0 Å². The second kappa shape index (κ2) is 7.65. The minimum absolute atomic E-state index is 0.128. The predicted molar refractivity (Wildman–Crippen MR) is 81.0 cm³/mol. The second-order valence-corrected chi connectivity index (χ2v) is 5.84. The zero-order valence-corrected chi connectivity index (χ0v) is 12.7. The molecule has 3 nitrogen and oxygen atoms in total. The lowest BCUT2D eigenvalue weighted by Gasteiger charge is -2.25. The van der Waals surface area contributed by atoms with Crippen LogP contribution in [0.15, 0.2) is 24.3 Å². The third-order valence-electron chi connectivity index (χ3n) is 3.73. The van der Waals surface area contributed by atoms with Crippen LogP contribution in [-0.4, -0.2) is 37.1 Å². The van der Waals surface area contributed by atoms with E-state index in [4.69, 9.17) is 16.3 Å². The number of nitrogens with zero attached hydrogens (tertiary/aromatic N) is 1. The number of likely N-dealkylation sites (N-methyl/N-ethyl adjacent to an activating group) is 1. The first kappa shape index (κ1) is 15.3. The number of benzene rings is 1. The molecule has 0 radical (unpaired) electrons. The molecule has 2 rings (SSSR count). The van der Waals surface area contributed by atoms with Crippen LogP contribution in [0.3, 0.4) is 0 Å². The van der Waals surface area contributed by atoms with Gasteiger partial charge in [-0.15, -0.1) is 0 Å². The Morgan fingerprint density at radius 1 is 1.45 bits per heavy atom. The van der Waals surface area contributed by atoms with Crippen LogP contribution in [0.5, 0.6) is 0 Å². The van der Waals surface area contributed by atoms with E-state index < -0.39 is 0 Å². The minimum Gasteiger partial charge on any atom is -0.378 e. The molecule has 0 spiro atoms. The quantitative estimate of drug-likeness (QED) is 0.834. The second-order valence-electron chi connectivity index (χ2n) is 5.40. The third-order valence-corrected chi connectivity index (χ3v) is 3.97. The molecule has 1 aliphatic heterocycles. The summed E-state index contributed by atoms with van der Waals surface area (Å²) in [7, 11) is 1.86. The van der Waals surface area contributed by atoms with E-state index in [1.165, 1.54) is 12.8 Å². The minimum atomic E-state index is 0.128. The highest BCUT2D eigenvalue weighted by molar-refractivity contribution is 6.30. The lowest BCUT2D eigenvalue weighted by molar-refractivity contribution is -0.129. The third kappa shape index (κ3) is 4.80. The standard InChI is InChI=1S/C16H22ClNO2/c1-18(9-8-15-7-2-3-10-20-15)16(19)12-13-5-4-6-14(17)11-13/h4-6,11,15H,2-3,7-10,12H2,1H3. The molecule has 1 aromatic carbocycles. The lowest BCUT2D eigenvalue weighted by atomic mass is 10.1. The van der Waals surface area contributed by atoms with Gasteiger partial charge < -0.3 is 9.64 Å². The Balaban J connectivity index is 1.76. The molecule has 0 N–H and O–H groups in total. The molecule has 1 fully saturated rings. The topological polar surface area (TPSA) is 29.5 Å². The Morgan fingerprint density at radius 3 is 3.00 bits per heavy atom. The monoisotopic (exact) mass is 295 g/mol. The Morgan fingerprint density at radius 2 is 2.30 bits per heavy atom. The number of rotatable bonds is 5. The summed E-state index contributed by atoms with van der Waals surface area (Å²) in [5, 5.41) is 0.675. The van der Waals surface area contributed by atoms with Gasteiger partial charge >= 0.3 is 0 Å². The number of carbonyl (C=O) groups excluding carboxylic acids is 1. The predicted octanol–water partition coefficient (Wildman–Crippen LogP) is 3.30. The molecule has 0 aromatic heterocycles. The molecular formula is C16H22ClNO2. The molecule has 1 amide bonds. The number of hydrogen-bond acceptors (Lipinski definition) is 2. The molecule has 110 valence electrons. The van der Waals surface area contributed by atoms with Gasteiger partial charge in [-0.1, -0.05) is 23.7 Å². The highest BCUT2D eigenvalue weighted by atomic mass is 35.5. The number of halogens is 1. The molecule has 20 heavy (non-hydrogen) atoms. The summed E-state index contributed by atoms with van der Waals surface area (Å²) in [5.41, 5.74) is 0.961. The van der Waals surface area contributed by atoms with Gasteiger partial charge in [-0.25, -0.2) is 0 Å². The van der Waals surface area contributed by atoms with E-state index in [9.17, 15) is 4.79 Å². The average molecular weight is 296 g/mol. The van der Waals surface area contributed by atoms with Crippen molar-refractivity contribution in [3.05, 3.63) is 34.9 Å². The molecule has 4 heteroatoms. The molecule has 0 bridgehead atoms. The van der Waals surface area contributed by atoms with Gasteiger partial charge in [0.25, 0.3) is 0 Å². The van der Waals surface area contributed by atoms with E-state index in [1.54, 1.807) is 4.90 Å². The van der Waals surface area contributed by atoms with Gasteiger partial charge in [-0.2, -0.15) is 0 Å². The van der Waals surface area contributed by atoms with Crippen LogP contribution < -0.4 is 0 Å². The van der Waals surface area contributed by atoms with Gasteiger partial charge in [0.1, 0.15) is 0 Å². The van der Waals surface area contributed by atoms with Crippen molar-refractivity contribution in [2.45, 2.75) is 38.2 Å². The van der Waals surface area contributed by atoms with E-state index in [-0.39, 0.29) is 5.91 Å². The van der Waals surface area contributed by atoms with Crippen LogP contribution in [0, 0.1) is 0 Å². The highest BCUT2D eigenvalue weighted by Crippen LogP contribution is 2.16. The Bertz CT molecular complexity index is 444. The zero-order valence-electron chi connectivity index (χ0n) is 12.0. The lowest BCUT2D eigenvalue weighted by Crippen LogP contribution is -2.32. The van der Waals surface area contributed by atoms with Crippen LogP contribution in [-0.2, 0) is 16.0 Å². The van der Waals surface area contributed by atoms with Crippen molar-refractivity contribution >= 4 is 17.5 Å². The first-order valence-electron chi connectivity index (χ1n) is 7.25. The molecule has 0 aliphatic carbocycles. The van der Waals surface area contributed by atoms with Crippen LogP contribution in [0.1, 0.15) is 31.2 Å². The van der Waals surface area contributed by atoms with E-state index in [1.807, 2.05) is 31.3 Å². The van der Waals surface area contributed by atoms with Crippen molar-refractivity contribution in [3.8, 4) is 0 Å². The molecule has 0 saturated carbocycles. The van der Waals surface area contributed by atoms with Gasteiger partial charge in [0.2, 0.25) is 5.91 Å². The van der Waals surface area contributed by atoms with Crippen molar-refractivity contribution in [2.24, 2.45) is 0 Å².